The maximum absolute atomic E-state index is 14.2. The van der Waals surface area contributed by atoms with E-state index in [4.69, 9.17) is 21.1 Å². The van der Waals surface area contributed by atoms with Gasteiger partial charge in [0.1, 0.15) is 12.6 Å². The lowest BCUT2D eigenvalue weighted by atomic mass is 10.1. The molecule has 0 spiro atoms. The van der Waals surface area contributed by atoms with Crippen LogP contribution >= 0.6 is 11.6 Å². The smallest absolute Gasteiger partial charge is 0.264 e. The van der Waals surface area contributed by atoms with E-state index in [0.29, 0.717) is 35.0 Å². The lowest BCUT2D eigenvalue weighted by Gasteiger charge is -2.33. The average molecular weight is 616 g/mol. The minimum Gasteiger partial charge on any atom is -0.493 e. The number of nitrogens with one attached hydrogen (secondary N) is 1. The highest BCUT2D eigenvalue weighted by atomic mass is 35.5. The number of nitrogens with zero attached hydrogens (tertiary/aromatic N) is 2. The molecule has 0 aliphatic carbocycles. The van der Waals surface area contributed by atoms with Crippen LogP contribution in [-0.2, 0) is 26.2 Å². The van der Waals surface area contributed by atoms with Gasteiger partial charge in [0.15, 0.2) is 11.5 Å². The second kappa shape index (κ2) is 14.4. The van der Waals surface area contributed by atoms with Crippen molar-refractivity contribution in [3.63, 3.8) is 0 Å². The summed E-state index contributed by atoms with van der Waals surface area (Å²) in [6, 6.07) is 15.8. The zero-order chi connectivity index (χ0) is 31.0. The zero-order valence-electron chi connectivity index (χ0n) is 24.8. The third-order valence-corrected chi connectivity index (χ3v) is 8.89. The highest BCUT2D eigenvalue weighted by molar-refractivity contribution is 7.92. The molecule has 9 nitrogen and oxygen atoms in total. The minimum atomic E-state index is -4.29. The van der Waals surface area contributed by atoms with E-state index >= 15 is 0 Å². The number of benzene rings is 3. The minimum absolute atomic E-state index is 0.0191. The number of likely N-dealkylation sites (N-methyl/N-ethyl adjacent to an activating group) is 1. The number of hydrogen-bond acceptors (Lipinski definition) is 6. The van der Waals surface area contributed by atoms with Crippen molar-refractivity contribution in [2.75, 3.05) is 31.6 Å². The summed E-state index contributed by atoms with van der Waals surface area (Å²) in [5, 5.41) is 3.22. The molecule has 0 fully saturated rings. The fourth-order valence-corrected chi connectivity index (χ4v) is 6.36. The molecule has 0 aliphatic rings. The number of halogens is 1. The van der Waals surface area contributed by atoms with E-state index < -0.39 is 28.5 Å². The molecule has 3 aromatic rings. The Morgan fingerprint density at radius 3 is 2.14 bits per heavy atom. The van der Waals surface area contributed by atoms with E-state index in [1.807, 2.05) is 19.9 Å². The van der Waals surface area contributed by atoms with Gasteiger partial charge in [-0.1, -0.05) is 42.8 Å². The maximum atomic E-state index is 14.2. The monoisotopic (exact) mass is 615 g/mol. The molecule has 0 bridgehead atoms. The van der Waals surface area contributed by atoms with Gasteiger partial charge in [-0.3, -0.25) is 13.9 Å². The van der Waals surface area contributed by atoms with E-state index in [-0.39, 0.29) is 23.1 Å². The normalized spacial score (nSPS) is 11.9. The molecule has 11 heteroatoms. The first kappa shape index (κ1) is 32.8. The molecule has 0 radical (unpaired) electrons. The summed E-state index contributed by atoms with van der Waals surface area (Å²) >= 11 is 6.44. The quantitative estimate of drug-likeness (QED) is 0.286. The molecule has 0 unspecified atom stereocenters. The molecule has 3 rings (SSSR count). The summed E-state index contributed by atoms with van der Waals surface area (Å²) in [4.78, 5) is 28.6. The molecule has 226 valence electrons. The summed E-state index contributed by atoms with van der Waals surface area (Å²) in [6.45, 7) is 7.14. The van der Waals surface area contributed by atoms with Crippen molar-refractivity contribution in [1.82, 2.24) is 10.2 Å². The average Bonchev–Trinajstić information content (AvgIpc) is 2.95. The number of methoxy groups -OCH3 is 2. The van der Waals surface area contributed by atoms with Crippen molar-refractivity contribution in [2.24, 2.45) is 0 Å². The molecule has 3 aromatic carbocycles. The number of hydrogen-bond donors (Lipinski definition) is 1. The van der Waals surface area contributed by atoms with Crippen LogP contribution in [0.15, 0.2) is 65.6 Å². The van der Waals surface area contributed by atoms with Gasteiger partial charge in [-0.05, 0) is 74.2 Å². The molecule has 0 aromatic heterocycles. The number of amides is 2. The molecule has 1 N–H and O–H groups in total. The van der Waals surface area contributed by atoms with Gasteiger partial charge in [0.05, 0.1) is 24.8 Å². The van der Waals surface area contributed by atoms with Gasteiger partial charge in [0, 0.05) is 24.2 Å². The SMILES string of the molecule is CCNC(=O)[C@@H](CC)N(Cc1ccccc1Cl)C(=O)CN(c1cc(C)cc(C)c1)S(=O)(=O)c1ccc(OC)c(OC)c1. The van der Waals surface area contributed by atoms with Gasteiger partial charge >= 0.3 is 0 Å². The Morgan fingerprint density at radius 1 is 0.929 bits per heavy atom. The topological polar surface area (TPSA) is 105 Å². The van der Waals surface area contributed by atoms with Crippen molar-refractivity contribution in [3.05, 3.63) is 82.4 Å². The van der Waals surface area contributed by atoms with Crippen LogP contribution in [0.2, 0.25) is 5.02 Å². The Hall–Kier alpha value is -3.76. The lowest BCUT2D eigenvalue weighted by Crippen LogP contribution is -2.52. The zero-order valence-corrected chi connectivity index (χ0v) is 26.4. The van der Waals surface area contributed by atoms with E-state index in [9.17, 15) is 18.0 Å². The molecule has 42 heavy (non-hydrogen) atoms. The van der Waals surface area contributed by atoms with Crippen LogP contribution < -0.4 is 19.1 Å². The molecule has 0 saturated heterocycles. The predicted octanol–water partition coefficient (Wildman–Crippen LogP) is 5.11. The van der Waals surface area contributed by atoms with Crippen LogP contribution in [-0.4, -0.2) is 58.5 Å². The third-order valence-electron chi connectivity index (χ3n) is 6.75. The van der Waals surface area contributed by atoms with Gasteiger partial charge < -0.3 is 19.7 Å². The Balaban J connectivity index is 2.15. The van der Waals surface area contributed by atoms with Gasteiger partial charge in [-0.25, -0.2) is 8.42 Å². The van der Waals surface area contributed by atoms with Crippen LogP contribution in [0.4, 0.5) is 5.69 Å². The highest BCUT2D eigenvalue weighted by Crippen LogP contribution is 2.33. The number of anilines is 1. The molecule has 0 saturated carbocycles. The van der Waals surface area contributed by atoms with Crippen molar-refractivity contribution in [1.29, 1.82) is 0 Å². The van der Waals surface area contributed by atoms with Crippen LogP contribution in [0.1, 0.15) is 37.0 Å². The predicted molar refractivity (Wildman–Crippen MR) is 165 cm³/mol. The standard InChI is InChI=1S/C31H38ClN3O6S/c1-7-27(31(37)33-8-2)34(19-23-11-9-10-12-26(23)32)30(36)20-35(24-16-21(3)15-22(4)17-24)42(38,39)25-13-14-28(40-5)29(18-25)41-6/h9-18,27H,7-8,19-20H2,1-6H3,(H,33,37)/t27-/m1/s1. The first-order valence-electron chi connectivity index (χ1n) is 13.6. The Labute approximate surface area is 253 Å². The first-order valence-corrected chi connectivity index (χ1v) is 15.4. The van der Waals surface area contributed by atoms with Crippen molar-refractivity contribution < 1.29 is 27.5 Å². The van der Waals surface area contributed by atoms with Crippen LogP contribution in [0.3, 0.4) is 0 Å². The number of aryl methyl sites for hydroxylation is 2. The van der Waals surface area contributed by atoms with Crippen molar-refractivity contribution in [3.8, 4) is 11.5 Å². The molecule has 1 atom stereocenters. The maximum Gasteiger partial charge on any atom is 0.264 e. The van der Waals surface area contributed by atoms with Crippen LogP contribution in [0.25, 0.3) is 0 Å². The lowest BCUT2D eigenvalue weighted by molar-refractivity contribution is -0.140. The fourth-order valence-electron chi connectivity index (χ4n) is 4.75. The molecule has 0 aliphatic heterocycles. The molecule has 2 amide bonds. The number of ether oxygens (including phenoxy) is 2. The summed E-state index contributed by atoms with van der Waals surface area (Å²) in [5.41, 5.74) is 2.61. The Morgan fingerprint density at radius 2 is 1.57 bits per heavy atom. The second-order valence-electron chi connectivity index (χ2n) is 9.81. The molecular weight excluding hydrogens is 578 g/mol. The van der Waals surface area contributed by atoms with Gasteiger partial charge in [0.25, 0.3) is 10.0 Å². The fraction of sp³-hybridized carbons (Fsp3) is 0.355. The van der Waals surface area contributed by atoms with E-state index in [0.717, 1.165) is 15.4 Å². The number of carbonyl (C=O) groups is 2. The van der Waals surface area contributed by atoms with Crippen molar-refractivity contribution >= 4 is 39.1 Å². The molecule has 0 heterocycles. The summed E-state index contributed by atoms with van der Waals surface area (Å²) in [6.07, 6.45) is 0.313. The Kier molecular flexibility index (Phi) is 11.2. The highest BCUT2D eigenvalue weighted by Gasteiger charge is 2.34. The second-order valence-corrected chi connectivity index (χ2v) is 12.1. The van der Waals surface area contributed by atoms with Crippen LogP contribution in [0.5, 0.6) is 11.5 Å². The van der Waals surface area contributed by atoms with Crippen LogP contribution in [0, 0.1) is 13.8 Å². The van der Waals surface area contributed by atoms with Gasteiger partial charge in [-0.2, -0.15) is 0 Å². The van der Waals surface area contributed by atoms with Gasteiger partial charge in [0.2, 0.25) is 11.8 Å². The summed E-state index contributed by atoms with van der Waals surface area (Å²) < 4.78 is 40.2. The first-order chi connectivity index (χ1) is 20.0. The number of sulfonamides is 1. The third kappa shape index (κ3) is 7.54. The number of carbonyl (C=O) groups excluding carboxylic acids is 2. The van der Waals surface area contributed by atoms with Crippen molar-refractivity contribution in [2.45, 2.75) is 51.6 Å². The summed E-state index contributed by atoms with van der Waals surface area (Å²) in [5.74, 6) is -0.297. The summed E-state index contributed by atoms with van der Waals surface area (Å²) in [7, 11) is -1.42. The van der Waals surface area contributed by atoms with Gasteiger partial charge in [-0.15, -0.1) is 0 Å². The van der Waals surface area contributed by atoms with E-state index in [1.54, 1.807) is 50.2 Å². The molecular formula is C31H38ClN3O6S. The number of rotatable bonds is 13. The van der Waals surface area contributed by atoms with E-state index in [1.165, 1.54) is 37.3 Å². The largest absolute Gasteiger partial charge is 0.493 e. The van der Waals surface area contributed by atoms with E-state index in [2.05, 4.69) is 5.32 Å². The Bertz CT molecular complexity index is 1510.